The molecule has 2 rings (SSSR count). The van der Waals surface area contributed by atoms with Crippen molar-refractivity contribution in [2.75, 3.05) is 19.8 Å². The maximum atomic E-state index is 12.7. The van der Waals surface area contributed by atoms with Crippen molar-refractivity contribution >= 4 is 17.9 Å². The number of rotatable bonds is 10. The Labute approximate surface area is 146 Å². The van der Waals surface area contributed by atoms with Gasteiger partial charge in [-0.15, -0.1) is 0 Å². The van der Waals surface area contributed by atoms with Crippen LogP contribution in [0.15, 0.2) is 24.8 Å². The normalized spacial score (nSPS) is 27.4. The van der Waals surface area contributed by atoms with E-state index in [9.17, 15) is 19.5 Å². The van der Waals surface area contributed by atoms with Gasteiger partial charge in [-0.1, -0.05) is 18.7 Å². The van der Waals surface area contributed by atoms with Crippen LogP contribution < -0.4 is 0 Å². The number of unbranched alkanes of at least 4 members (excludes halogenated alkanes) is 1. The first-order valence-electron chi connectivity index (χ1n) is 8.45. The predicted octanol–water partition coefficient (Wildman–Crippen LogP) is 1.87. The first-order chi connectivity index (χ1) is 12.0. The fourth-order valence-corrected chi connectivity index (χ4v) is 3.09. The summed E-state index contributed by atoms with van der Waals surface area (Å²) in [4.78, 5) is 35.4. The topological polar surface area (TPSA) is 102 Å². The van der Waals surface area contributed by atoms with E-state index in [-0.39, 0.29) is 19.3 Å². The van der Waals surface area contributed by atoms with Gasteiger partial charge in [-0.2, -0.15) is 0 Å². The van der Waals surface area contributed by atoms with Gasteiger partial charge in [-0.05, 0) is 32.1 Å². The number of hydrogen-bond acceptors (Lipinski definition) is 6. The monoisotopic (exact) mass is 352 g/mol. The molecule has 1 saturated heterocycles. The van der Waals surface area contributed by atoms with Crippen LogP contribution in [-0.2, 0) is 28.6 Å². The van der Waals surface area contributed by atoms with Gasteiger partial charge in [0.05, 0.1) is 24.5 Å². The van der Waals surface area contributed by atoms with Gasteiger partial charge in [0.1, 0.15) is 12.7 Å². The number of carboxylic acid groups (broad SMARTS) is 1. The van der Waals surface area contributed by atoms with E-state index in [1.807, 2.05) is 6.08 Å². The summed E-state index contributed by atoms with van der Waals surface area (Å²) in [6, 6.07) is 0. The predicted molar refractivity (Wildman–Crippen MR) is 87.6 cm³/mol. The maximum Gasteiger partial charge on any atom is 0.330 e. The number of epoxide rings is 1. The third-order valence-corrected chi connectivity index (χ3v) is 4.62. The molecule has 25 heavy (non-hydrogen) atoms. The zero-order valence-electron chi connectivity index (χ0n) is 14.1. The molecule has 1 aliphatic carbocycles. The molecule has 3 unspecified atom stereocenters. The van der Waals surface area contributed by atoms with Gasteiger partial charge >= 0.3 is 17.9 Å². The number of carbonyl (C=O) groups excluding carboxylic acids is 2. The average molecular weight is 352 g/mol. The first kappa shape index (κ1) is 19.2. The van der Waals surface area contributed by atoms with Gasteiger partial charge in [-0.3, -0.25) is 9.59 Å². The van der Waals surface area contributed by atoms with Crippen LogP contribution in [-0.4, -0.2) is 48.9 Å². The smallest absolute Gasteiger partial charge is 0.330 e. The summed E-state index contributed by atoms with van der Waals surface area (Å²) >= 11 is 0. The highest BCUT2D eigenvalue weighted by atomic mass is 16.6. The maximum absolute atomic E-state index is 12.7. The van der Waals surface area contributed by atoms with E-state index < -0.39 is 29.2 Å². The largest absolute Gasteiger partial charge is 0.481 e. The molecule has 0 aromatic heterocycles. The first-order valence-corrected chi connectivity index (χ1v) is 8.45. The molecule has 0 aromatic carbocycles. The van der Waals surface area contributed by atoms with Crippen LogP contribution in [0.5, 0.6) is 0 Å². The van der Waals surface area contributed by atoms with Gasteiger partial charge in [0.25, 0.3) is 0 Å². The highest BCUT2D eigenvalue weighted by Gasteiger charge is 2.50. The lowest BCUT2D eigenvalue weighted by atomic mass is 9.66. The third-order valence-electron chi connectivity index (χ3n) is 4.62. The lowest BCUT2D eigenvalue weighted by Crippen LogP contribution is -2.45. The summed E-state index contributed by atoms with van der Waals surface area (Å²) in [6.07, 6.45) is 6.74. The van der Waals surface area contributed by atoms with Gasteiger partial charge in [-0.25, -0.2) is 4.79 Å². The molecule has 0 saturated carbocycles. The summed E-state index contributed by atoms with van der Waals surface area (Å²) in [7, 11) is 0. The molecular formula is C18H24O7. The highest BCUT2D eigenvalue weighted by molar-refractivity contribution is 5.85. The molecule has 0 radical (unpaired) electrons. The Balaban J connectivity index is 1.98. The molecule has 1 heterocycles. The Morgan fingerprint density at radius 2 is 2.04 bits per heavy atom. The summed E-state index contributed by atoms with van der Waals surface area (Å²) in [5.74, 6) is -2.80. The molecular weight excluding hydrogens is 328 g/mol. The van der Waals surface area contributed by atoms with E-state index in [0.717, 1.165) is 6.08 Å². The zero-order chi connectivity index (χ0) is 18.3. The van der Waals surface area contributed by atoms with E-state index >= 15 is 0 Å². The summed E-state index contributed by atoms with van der Waals surface area (Å²) in [5.41, 5.74) is -1.09. The van der Waals surface area contributed by atoms with Crippen LogP contribution >= 0.6 is 0 Å². The third kappa shape index (κ3) is 5.16. The standard InChI is InChI=1S/C18H24O7/c1-2-15(19)23-10-6-5-9-18(17(22)25-12-13-11-24-13)8-4-3-7-14(18)16(20)21/h2-4,13-14H,1,5-12H2,(H,20,21). The number of esters is 2. The molecule has 1 fully saturated rings. The van der Waals surface area contributed by atoms with E-state index in [2.05, 4.69) is 6.58 Å². The Hall–Kier alpha value is -2.15. The molecule has 2 aliphatic rings. The molecule has 3 atom stereocenters. The number of carbonyl (C=O) groups is 3. The summed E-state index contributed by atoms with van der Waals surface area (Å²) < 4.78 is 15.3. The van der Waals surface area contributed by atoms with Gasteiger partial charge in [0.15, 0.2) is 0 Å². The van der Waals surface area contributed by atoms with Crippen LogP contribution in [0.4, 0.5) is 0 Å². The van der Waals surface area contributed by atoms with Gasteiger partial charge in [0.2, 0.25) is 0 Å². The van der Waals surface area contributed by atoms with Crippen molar-refractivity contribution in [3.8, 4) is 0 Å². The fraction of sp³-hybridized carbons (Fsp3) is 0.611. The van der Waals surface area contributed by atoms with Crippen molar-refractivity contribution in [3.63, 3.8) is 0 Å². The van der Waals surface area contributed by atoms with Crippen molar-refractivity contribution in [1.29, 1.82) is 0 Å². The number of carboxylic acids is 1. The molecule has 7 nitrogen and oxygen atoms in total. The van der Waals surface area contributed by atoms with Gasteiger partial charge in [0, 0.05) is 6.08 Å². The SMILES string of the molecule is C=CC(=O)OCCCCC1(C(=O)OCC2CO2)CC=CCC1C(=O)O. The lowest BCUT2D eigenvalue weighted by Gasteiger charge is -2.37. The average Bonchev–Trinajstić information content (AvgIpc) is 3.43. The quantitative estimate of drug-likeness (QED) is 0.210. The van der Waals surface area contributed by atoms with E-state index in [4.69, 9.17) is 14.2 Å². The Bertz CT molecular complexity index is 550. The van der Waals surface area contributed by atoms with Crippen LogP contribution in [0, 0.1) is 11.3 Å². The van der Waals surface area contributed by atoms with E-state index in [1.165, 1.54) is 0 Å². The van der Waals surface area contributed by atoms with Crippen LogP contribution in [0.25, 0.3) is 0 Å². The second-order valence-electron chi connectivity index (χ2n) is 6.34. The fourth-order valence-electron chi connectivity index (χ4n) is 3.09. The minimum absolute atomic E-state index is 0.0678. The second-order valence-corrected chi connectivity index (χ2v) is 6.34. The van der Waals surface area contributed by atoms with Gasteiger partial charge < -0.3 is 19.3 Å². The number of aliphatic carboxylic acids is 1. The molecule has 0 aromatic rings. The zero-order valence-corrected chi connectivity index (χ0v) is 14.1. The van der Waals surface area contributed by atoms with Crippen molar-refractivity contribution in [3.05, 3.63) is 24.8 Å². The molecule has 138 valence electrons. The summed E-state index contributed by atoms with van der Waals surface area (Å²) in [5, 5.41) is 9.57. The number of ether oxygens (including phenoxy) is 3. The lowest BCUT2D eigenvalue weighted by molar-refractivity contribution is -0.169. The number of hydrogen-bond donors (Lipinski definition) is 1. The molecule has 0 amide bonds. The molecule has 0 spiro atoms. The Morgan fingerprint density at radius 1 is 1.28 bits per heavy atom. The van der Waals surface area contributed by atoms with Crippen molar-refractivity contribution in [1.82, 2.24) is 0 Å². The Kier molecular flexibility index (Phi) is 6.75. The minimum Gasteiger partial charge on any atom is -0.481 e. The summed E-state index contributed by atoms with van der Waals surface area (Å²) in [6.45, 7) is 4.25. The van der Waals surface area contributed by atoms with Crippen LogP contribution in [0.1, 0.15) is 32.1 Å². The Morgan fingerprint density at radius 3 is 2.68 bits per heavy atom. The molecule has 1 N–H and O–H groups in total. The van der Waals surface area contributed by atoms with Crippen molar-refractivity contribution in [2.24, 2.45) is 11.3 Å². The van der Waals surface area contributed by atoms with E-state index in [1.54, 1.807) is 6.08 Å². The molecule has 7 heteroatoms. The van der Waals surface area contributed by atoms with Crippen molar-refractivity contribution in [2.45, 2.75) is 38.2 Å². The second kappa shape index (κ2) is 8.80. The van der Waals surface area contributed by atoms with Crippen LogP contribution in [0.2, 0.25) is 0 Å². The minimum atomic E-state index is -1.09. The highest BCUT2D eigenvalue weighted by Crippen LogP contribution is 2.44. The molecule has 1 aliphatic heterocycles. The van der Waals surface area contributed by atoms with E-state index in [0.29, 0.717) is 38.7 Å². The van der Waals surface area contributed by atoms with Crippen molar-refractivity contribution < 1.29 is 33.7 Å². The van der Waals surface area contributed by atoms with Crippen LogP contribution in [0.3, 0.4) is 0 Å². The number of allylic oxidation sites excluding steroid dienone is 2. The molecule has 0 bridgehead atoms.